The number of ether oxygens (including phenoxy) is 4. The van der Waals surface area contributed by atoms with Crippen LogP contribution in [-0.4, -0.2) is 96.7 Å². The van der Waals surface area contributed by atoms with Crippen LogP contribution in [0.2, 0.25) is 0 Å². The molecule has 0 heterocycles. The highest BCUT2D eigenvalue weighted by atomic mass is 31.2. The predicted molar refractivity (Wildman–Crippen MR) is 400 cm³/mol. The Morgan fingerprint density at radius 1 is 0.276 bits per heavy atom. The Kier molecular flexibility index (Phi) is 69.3. The molecule has 0 amide bonds. The van der Waals surface area contributed by atoms with Crippen LogP contribution < -0.4 is 0 Å². The van der Waals surface area contributed by atoms with Crippen LogP contribution in [0.4, 0.5) is 0 Å². The molecule has 0 bridgehead atoms. The predicted octanol–water partition coefficient (Wildman–Crippen LogP) is 23.5. The molecule has 19 heteroatoms. The van der Waals surface area contributed by atoms with Gasteiger partial charge in [0.25, 0.3) is 0 Å². The summed E-state index contributed by atoms with van der Waals surface area (Å²) in [6.45, 7) is 9.67. The van der Waals surface area contributed by atoms with Crippen LogP contribution in [0.25, 0.3) is 0 Å². The summed E-state index contributed by atoms with van der Waals surface area (Å²) in [5.74, 6) is -0.501. The molecule has 0 rings (SSSR count). The van der Waals surface area contributed by atoms with Crippen molar-refractivity contribution in [2.24, 2.45) is 11.8 Å². The van der Waals surface area contributed by atoms with Crippen molar-refractivity contribution >= 4 is 39.5 Å². The number of esters is 4. The van der Waals surface area contributed by atoms with E-state index in [1.165, 1.54) is 231 Å². The second-order valence-corrected chi connectivity index (χ2v) is 32.3. The normalized spacial score (nSPS) is 13.9. The van der Waals surface area contributed by atoms with Gasteiger partial charge >= 0.3 is 39.5 Å². The van der Waals surface area contributed by atoms with Gasteiger partial charge in [-0.2, -0.15) is 0 Å². The summed E-state index contributed by atoms with van der Waals surface area (Å²) in [4.78, 5) is 72.9. The van der Waals surface area contributed by atoms with Crippen molar-refractivity contribution in [3.8, 4) is 0 Å². The van der Waals surface area contributed by atoms with Crippen LogP contribution in [0, 0.1) is 11.8 Å². The summed E-state index contributed by atoms with van der Waals surface area (Å²) in [5, 5.41) is 10.6. The SMILES string of the molecule is CCCCCCCCCCCCCC(=O)OC[C@H](COP(=O)(O)OC[C@H](O)COP(=O)(O)OC[C@@H](COC(=O)CCCCCCCCCCCCCCCCC(C)C)OC(=O)CCCCCCCCCCCCCCCCCCC(C)C)OC(=O)CCCCCCCCCCCCC. The fourth-order valence-corrected chi connectivity index (χ4v) is 13.8. The maximum Gasteiger partial charge on any atom is 0.472 e. The lowest BCUT2D eigenvalue weighted by atomic mass is 10.0. The monoisotopic (exact) mass is 1440 g/mol. The zero-order valence-corrected chi connectivity index (χ0v) is 65.9. The molecule has 0 aromatic heterocycles. The molecule has 0 saturated carbocycles. The minimum Gasteiger partial charge on any atom is -0.462 e. The van der Waals surface area contributed by atoms with E-state index in [2.05, 4.69) is 41.5 Å². The first-order valence-corrected chi connectivity index (χ1v) is 44.0. The van der Waals surface area contributed by atoms with Crippen LogP contribution >= 0.6 is 15.6 Å². The molecule has 17 nitrogen and oxygen atoms in total. The molecular formula is C79H154O17P2. The highest BCUT2D eigenvalue weighted by Gasteiger charge is 2.30. The Bertz CT molecular complexity index is 1890. The Hall–Kier alpha value is -1.94. The van der Waals surface area contributed by atoms with Gasteiger partial charge in [-0.1, -0.05) is 363 Å². The number of aliphatic hydroxyl groups is 1. The molecule has 2 unspecified atom stereocenters. The topological polar surface area (TPSA) is 237 Å². The Labute approximate surface area is 600 Å². The van der Waals surface area contributed by atoms with Gasteiger partial charge in [-0.15, -0.1) is 0 Å². The first-order chi connectivity index (χ1) is 47.4. The molecule has 582 valence electrons. The third-order valence-corrected chi connectivity index (χ3v) is 20.4. The van der Waals surface area contributed by atoms with Crippen molar-refractivity contribution < 1.29 is 80.2 Å². The smallest absolute Gasteiger partial charge is 0.462 e. The summed E-state index contributed by atoms with van der Waals surface area (Å²) in [6, 6.07) is 0. The molecule has 0 radical (unpaired) electrons. The number of carbonyl (C=O) groups excluding carboxylic acids is 4. The number of aliphatic hydroxyl groups excluding tert-OH is 1. The Morgan fingerprint density at radius 3 is 0.694 bits per heavy atom. The van der Waals surface area contributed by atoms with Crippen molar-refractivity contribution in [1.82, 2.24) is 0 Å². The van der Waals surface area contributed by atoms with Crippen molar-refractivity contribution in [1.29, 1.82) is 0 Å². The van der Waals surface area contributed by atoms with Gasteiger partial charge in [0, 0.05) is 25.7 Å². The maximum absolute atomic E-state index is 13.1. The van der Waals surface area contributed by atoms with E-state index in [-0.39, 0.29) is 25.7 Å². The lowest BCUT2D eigenvalue weighted by molar-refractivity contribution is -0.161. The van der Waals surface area contributed by atoms with Crippen molar-refractivity contribution in [3.05, 3.63) is 0 Å². The first kappa shape index (κ1) is 96.1. The van der Waals surface area contributed by atoms with E-state index in [1.54, 1.807) is 0 Å². The number of phosphoric acid groups is 2. The number of hydrogen-bond acceptors (Lipinski definition) is 15. The lowest BCUT2D eigenvalue weighted by Gasteiger charge is -2.21. The number of carbonyl (C=O) groups is 4. The molecule has 0 aliphatic heterocycles. The van der Waals surface area contributed by atoms with Gasteiger partial charge in [-0.25, -0.2) is 9.13 Å². The van der Waals surface area contributed by atoms with Gasteiger partial charge < -0.3 is 33.8 Å². The van der Waals surface area contributed by atoms with E-state index in [1.807, 2.05) is 0 Å². The summed E-state index contributed by atoms with van der Waals surface area (Å²) in [6.07, 6.45) is 59.5. The highest BCUT2D eigenvalue weighted by Crippen LogP contribution is 2.45. The molecule has 5 atom stereocenters. The largest absolute Gasteiger partial charge is 0.472 e. The van der Waals surface area contributed by atoms with Gasteiger partial charge in [0.1, 0.15) is 19.3 Å². The van der Waals surface area contributed by atoms with Crippen LogP contribution in [0.3, 0.4) is 0 Å². The van der Waals surface area contributed by atoms with Gasteiger partial charge in [-0.05, 0) is 37.5 Å². The average molecular weight is 1440 g/mol. The van der Waals surface area contributed by atoms with Crippen molar-refractivity contribution in [2.45, 2.75) is 432 Å². The molecule has 0 saturated heterocycles. The van der Waals surface area contributed by atoms with Crippen LogP contribution in [0.15, 0.2) is 0 Å². The van der Waals surface area contributed by atoms with E-state index in [0.717, 1.165) is 102 Å². The second kappa shape index (κ2) is 70.7. The minimum atomic E-state index is -4.96. The molecule has 0 fully saturated rings. The zero-order chi connectivity index (χ0) is 72.1. The van der Waals surface area contributed by atoms with Crippen molar-refractivity contribution in [3.63, 3.8) is 0 Å². The van der Waals surface area contributed by atoms with E-state index < -0.39 is 97.5 Å². The lowest BCUT2D eigenvalue weighted by Crippen LogP contribution is -2.30. The minimum absolute atomic E-state index is 0.107. The summed E-state index contributed by atoms with van der Waals surface area (Å²) < 4.78 is 68.6. The summed E-state index contributed by atoms with van der Waals surface area (Å²) in [7, 11) is -9.91. The number of phosphoric ester groups is 2. The first-order valence-electron chi connectivity index (χ1n) is 41.0. The fourth-order valence-electron chi connectivity index (χ4n) is 12.2. The summed E-state index contributed by atoms with van der Waals surface area (Å²) in [5.41, 5.74) is 0. The molecule has 0 aliphatic carbocycles. The number of unbranched alkanes of at least 4 members (excludes halogenated alkanes) is 48. The molecule has 0 spiro atoms. The Morgan fingerprint density at radius 2 is 0.469 bits per heavy atom. The fraction of sp³-hybridized carbons (Fsp3) is 0.949. The van der Waals surface area contributed by atoms with Crippen LogP contribution in [0.5, 0.6) is 0 Å². The van der Waals surface area contributed by atoms with Gasteiger partial charge in [0.15, 0.2) is 12.2 Å². The maximum atomic E-state index is 13.1. The molecular weight excluding hydrogens is 1280 g/mol. The molecule has 0 aromatic carbocycles. The third-order valence-electron chi connectivity index (χ3n) is 18.5. The van der Waals surface area contributed by atoms with Gasteiger partial charge in [0.2, 0.25) is 0 Å². The van der Waals surface area contributed by atoms with Crippen molar-refractivity contribution in [2.75, 3.05) is 39.6 Å². The van der Waals surface area contributed by atoms with Gasteiger partial charge in [0.05, 0.1) is 26.4 Å². The van der Waals surface area contributed by atoms with E-state index in [9.17, 15) is 43.2 Å². The molecule has 3 N–H and O–H groups in total. The molecule has 0 aromatic rings. The highest BCUT2D eigenvalue weighted by molar-refractivity contribution is 7.47. The standard InChI is InChI=1S/C79H154O17P2/c1-7-9-11-13-15-17-29-37-43-49-55-61-76(81)89-67-74(95-78(83)63-57-51-45-39-30-18-16-14-12-10-8-2)69-93-97(85,86)91-65-73(80)66-92-98(87,88)94-70-75(68-90-77(82)62-56-50-44-38-33-27-24-23-26-32-36-42-48-54-60-72(5)6)96-79(84)64-58-52-46-40-34-28-22-20-19-21-25-31-35-41-47-53-59-71(3)4/h71-75,80H,7-70H2,1-6H3,(H,85,86)(H,87,88)/t73-,74+,75+/m0/s1. The van der Waals surface area contributed by atoms with E-state index in [0.29, 0.717) is 25.7 Å². The van der Waals surface area contributed by atoms with Crippen LogP contribution in [0.1, 0.15) is 414 Å². The number of rotatable bonds is 78. The van der Waals surface area contributed by atoms with E-state index in [4.69, 9.17) is 37.0 Å². The Balaban J connectivity index is 5.23. The number of hydrogen-bond donors (Lipinski definition) is 3. The summed E-state index contributed by atoms with van der Waals surface area (Å²) >= 11 is 0. The molecule has 0 aliphatic rings. The van der Waals surface area contributed by atoms with Crippen LogP contribution in [-0.2, 0) is 65.4 Å². The zero-order valence-electron chi connectivity index (χ0n) is 64.1. The quantitative estimate of drug-likeness (QED) is 0.0222. The van der Waals surface area contributed by atoms with Gasteiger partial charge in [-0.3, -0.25) is 37.3 Å². The van der Waals surface area contributed by atoms with E-state index >= 15 is 0 Å². The molecule has 98 heavy (non-hydrogen) atoms. The average Bonchev–Trinajstić information content (AvgIpc) is 1.02. The second-order valence-electron chi connectivity index (χ2n) is 29.4. The third kappa shape index (κ3) is 72.4.